The number of carbonyl (C=O) groups is 1. The molecule has 212 valence electrons. The number of hydrogen-bond acceptors (Lipinski definition) is 8. The van der Waals surface area contributed by atoms with E-state index in [1.54, 1.807) is 34.9 Å². The molecule has 2 aliphatic rings. The lowest BCUT2D eigenvalue weighted by Gasteiger charge is -2.29. The summed E-state index contributed by atoms with van der Waals surface area (Å²) in [5.41, 5.74) is 1.98. The molecule has 2 saturated heterocycles. The van der Waals surface area contributed by atoms with Crippen molar-refractivity contribution >= 4 is 44.9 Å². The summed E-state index contributed by atoms with van der Waals surface area (Å²) in [7, 11) is 0. The number of carboxylic acid groups (broad SMARTS) is 1. The molecule has 0 amide bonds. The number of fused-ring (bicyclic) bond motifs is 4. The molecule has 0 saturated carbocycles. The number of rotatable bonds is 6. The van der Waals surface area contributed by atoms with Gasteiger partial charge in [-0.05, 0) is 30.7 Å². The number of anilines is 1. The fraction of sp³-hybridized carbons (Fsp3) is 0.357. The minimum atomic E-state index is -2.99. The number of halogens is 3. The van der Waals surface area contributed by atoms with Crippen molar-refractivity contribution in [2.75, 3.05) is 24.7 Å². The maximum absolute atomic E-state index is 15.0. The summed E-state index contributed by atoms with van der Waals surface area (Å²) >= 11 is 0. The van der Waals surface area contributed by atoms with E-state index in [4.69, 9.17) is 13.9 Å². The molecular weight excluding hydrogens is 543 g/mol. The van der Waals surface area contributed by atoms with Crippen molar-refractivity contribution in [3.63, 3.8) is 0 Å². The van der Waals surface area contributed by atoms with Gasteiger partial charge >= 0.3 is 5.97 Å². The first-order chi connectivity index (χ1) is 19.9. The van der Waals surface area contributed by atoms with E-state index in [2.05, 4.69) is 15.0 Å². The van der Waals surface area contributed by atoms with Crippen LogP contribution in [0.2, 0.25) is 0 Å². The number of alkyl halides is 3. The Labute approximate surface area is 230 Å². The van der Waals surface area contributed by atoms with Crippen molar-refractivity contribution in [2.24, 2.45) is 0 Å². The summed E-state index contributed by atoms with van der Waals surface area (Å²) in [6.07, 6.45) is -4.59. The molecule has 7 rings (SSSR count). The molecule has 1 N–H and O–H groups in total. The highest BCUT2D eigenvalue weighted by Gasteiger charge is 2.42. The van der Waals surface area contributed by atoms with Gasteiger partial charge in [-0.1, -0.05) is 24.3 Å². The predicted molar refractivity (Wildman–Crippen MR) is 141 cm³/mol. The average Bonchev–Trinajstić information content (AvgIpc) is 3.66. The lowest BCUT2D eigenvalue weighted by Crippen LogP contribution is -2.37. The van der Waals surface area contributed by atoms with Gasteiger partial charge in [0, 0.05) is 18.4 Å². The molecule has 0 spiro atoms. The van der Waals surface area contributed by atoms with E-state index < -0.39 is 42.6 Å². The molecule has 4 atom stereocenters. The third-order valence-corrected chi connectivity index (χ3v) is 7.65. The largest absolute Gasteiger partial charge is 0.480 e. The number of aliphatic carboxylic acids is 1. The van der Waals surface area contributed by atoms with Crippen LogP contribution in [0.15, 0.2) is 52.9 Å². The van der Waals surface area contributed by atoms with E-state index in [-0.39, 0.29) is 42.5 Å². The number of benzene rings is 2. The molecule has 5 aromatic rings. The van der Waals surface area contributed by atoms with E-state index in [1.807, 2.05) is 18.2 Å². The third-order valence-electron chi connectivity index (χ3n) is 7.65. The molecule has 2 aliphatic heterocycles. The molecule has 13 heteroatoms. The van der Waals surface area contributed by atoms with Gasteiger partial charge in [-0.3, -0.25) is 4.57 Å². The lowest BCUT2D eigenvalue weighted by atomic mass is 10.1. The Balaban J connectivity index is 1.29. The smallest absolute Gasteiger partial charge is 0.326 e. The second kappa shape index (κ2) is 9.91. The van der Waals surface area contributed by atoms with Gasteiger partial charge < -0.3 is 23.9 Å². The Kier molecular flexibility index (Phi) is 6.18. The Morgan fingerprint density at radius 1 is 1.10 bits per heavy atom. The van der Waals surface area contributed by atoms with Crippen LogP contribution in [0.5, 0.6) is 6.01 Å². The predicted octanol–water partition coefficient (Wildman–Crippen LogP) is 5.07. The molecule has 0 bridgehead atoms. The summed E-state index contributed by atoms with van der Waals surface area (Å²) in [4.78, 5) is 26.5. The molecule has 0 unspecified atom stereocenters. The topological polar surface area (TPSA) is 116 Å². The van der Waals surface area contributed by atoms with E-state index in [0.717, 1.165) is 0 Å². The van der Waals surface area contributed by atoms with Gasteiger partial charge in [0.25, 0.3) is 12.4 Å². The Bertz CT molecular complexity index is 1770. The number of aromatic nitrogens is 4. The second-order valence-corrected chi connectivity index (χ2v) is 10.2. The molecule has 0 aliphatic carbocycles. The van der Waals surface area contributed by atoms with Crippen LogP contribution in [-0.2, 0) is 9.53 Å². The number of nitrogens with zero attached hydrogens (tertiary/aromatic N) is 5. The number of imidazole rings is 1. The first-order valence-electron chi connectivity index (χ1n) is 13.2. The maximum atomic E-state index is 15.0. The Hall–Kier alpha value is -4.39. The molecule has 0 radical (unpaired) electrons. The van der Waals surface area contributed by atoms with Crippen LogP contribution in [0.4, 0.5) is 19.0 Å². The standard InChI is InChI=1S/C28H24F3N5O5/c29-16-13-39-10-9-18(16)36-19-7-3-2-6-17(19)32-28(36)40-14-11-20(27(37)38)35(12-14)26-23-22(33-25(34-26)24(30)31)15-5-1-4-8-21(15)41-23/h1-8,14,16,18,20,24H,9-13H2,(H,37,38)/t14-,16+,18+,20-/m0/s1. The van der Waals surface area contributed by atoms with Crippen LogP contribution in [0, 0.1) is 0 Å². The van der Waals surface area contributed by atoms with Crippen LogP contribution in [-0.4, -0.2) is 68.7 Å². The van der Waals surface area contributed by atoms with Crippen LogP contribution in [0.3, 0.4) is 0 Å². The highest BCUT2D eigenvalue weighted by molar-refractivity contribution is 6.06. The van der Waals surface area contributed by atoms with Crippen LogP contribution in [0.1, 0.15) is 31.1 Å². The van der Waals surface area contributed by atoms with Crippen molar-refractivity contribution in [2.45, 2.75) is 43.6 Å². The number of ether oxygens (including phenoxy) is 2. The number of furan rings is 1. The van der Waals surface area contributed by atoms with Gasteiger partial charge in [0.1, 0.15) is 29.4 Å². The van der Waals surface area contributed by atoms with Gasteiger partial charge in [0.15, 0.2) is 17.2 Å². The number of carboxylic acids is 1. The summed E-state index contributed by atoms with van der Waals surface area (Å²) in [6, 6.07) is 12.5. The quantitative estimate of drug-likeness (QED) is 0.300. The summed E-state index contributed by atoms with van der Waals surface area (Å²) in [5.74, 6) is -1.97. The zero-order valence-corrected chi connectivity index (χ0v) is 21.5. The van der Waals surface area contributed by atoms with Crippen LogP contribution < -0.4 is 9.64 Å². The van der Waals surface area contributed by atoms with Gasteiger partial charge in [-0.15, -0.1) is 0 Å². The third kappa shape index (κ3) is 4.31. The molecular formula is C28H24F3N5O5. The maximum Gasteiger partial charge on any atom is 0.326 e. The minimum Gasteiger partial charge on any atom is -0.480 e. The van der Waals surface area contributed by atoms with Crippen molar-refractivity contribution in [3.05, 3.63) is 54.4 Å². The molecule has 5 heterocycles. The van der Waals surface area contributed by atoms with Gasteiger partial charge in [-0.25, -0.2) is 27.9 Å². The normalized spacial score (nSPS) is 23.3. The summed E-state index contributed by atoms with van der Waals surface area (Å²) in [6.45, 7) is 0.310. The molecule has 2 aromatic carbocycles. The SMILES string of the molecule is O=C(O)[C@@H]1C[C@H](Oc2nc3ccccc3n2[C@@H]2CCOC[C@H]2F)CN1c1nc(C(F)F)nc2c1oc1ccccc12. The zero-order chi connectivity index (χ0) is 28.2. The van der Waals surface area contributed by atoms with Gasteiger partial charge in [0.2, 0.25) is 0 Å². The second-order valence-electron chi connectivity index (χ2n) is 10.2. The highest BCUT2D eigenvalue weighted by Crippen LogP contribution is 2.39. The zero-order valence-electron chi connectivity index (χ0n) is 21.5. The van der Waals surface area contributed by atoms with Crippen molar-refractivity contribution in [1.29, 1.82) is 0 Å². The van der Waals surface area contributed by atoms with E-state index in [1.165, 1.54) is 4.90 Å². The first-order valence-corrected chi connectivity index (χ1v) is 13.2. The lowest BCUT2D eigenvalue weighted by molar-refractivity contribution is -0.138. The average molecular weight is 568 g/mol. The fourth-order valence-corrected chi connectivity index (χ4v) is 5.79. The van der Waals surface area contributed by atoms with Crippen LogP contribution in [0.25, 0.3) is 33.1 Å². The van der Waals surface area contributed by atoms with E-state index in [0.29, 0.717) is 35.0 Å². The van der Waals surface area contributed by atoms with E-state index >= 15 is 4.39 Å². The highest BCUT2D eigenvalue weighted by atomic mass is 19.3. The van der Waals surface area contributed by atoms with Gasteiger partial charge in [0.05, 0.1) is 30.2 Å². The molecule has 41 heavy (non-hydrogen) atoms. The molecule has 3 aromatic heterocycles. The van der Waals surface area contributed by atoms with Crippen LogP contribution >= 0.6 is 0 Å². The Morgan fingerprint density at radius 2 is 1.90 bits per heavy atom. The van der Waals surface area contributed by atoms with Gasteiger partial charge in [-0.2, -0.15) is 4.98 Å². The first kappa shape index (κ1) is 25.6. The fourth-order valence-electron chi connectivity index (χ4n) is 5.79. The molecule has 2 fully saturated rings. The monoisotopic (exact) mass is 567 g/mol. The van der Waals surface area contributed by atoms with E-state index in [9.17, 15) is 18.7 Å². The minimum absolute atomic E-state index is 0.00110. The molecule has 10 nitrogen and oxygen atoms in total. The summed E-state index contributed by atoms with van der Waals surface area (Å²) in [5, 5.41) is 10.6. The number of hydrogen-bond donors (Lipinski definition) is 1. The van der Waals surface area contributed by atoms with Crippen molar-refractivity contribution < 1.29 is 37.0 Å². The number of para-hydroxylation sites is 3. The van der Waals surface area contributed by atoms with Crippen molar-refractivity contribution in [3.8, 4) is 6.01 Å². The van der Waals surface area contributed by atoms with Crippen molar-refractivity contribution in [1.82, 2.24) is 19.5 Å². The Morgan fingerprint density at radius 3 is 2.71 bits per heavy atom. The summed E-state index contributed by atoms with van der Waals surface area (Å²) < 4.78 is 62.0.